The zero-order chi connectivity index (χ0) is 17.1. The van der Waals surface area contributed by atoms with E-state index in [9.17, 15) is 9.18 Å². The standard InChI is InChI=1S/C18H17FN2OS2/c1-3-21-15-9-6-13(19)11-16(15)24-18(21)20-17(22)10-12-4-7-14(23-2)8-5-12/h4-9,11H,3,10H2,1-2H3. The van der Waals surface area contributed by atoms with E-state index < -0.39 is 0 Å². The quantitative estimate of drug-likeness (QED) is 0.652. The Bertz CT molecular complexity index is 942. The van der Waals surface area contributed by atoms with E-state index in [-0.39, 0.29) is 18.1 Å². The maximum absolute atomic E-state index is 13.4. The Morgan fingerprint density at radius 3 is 2.67 bits per heavy atom. The van der Waals surface area contributed by atoms with E-state index in [1.807, 2.05) is 42.0 Å². The lowest BCUT2D eigenvalue weighted by Gasteiger charge is -2.01. The minimum absolute atomic E-state index is 0.193. The summed E-state index contributed by atoms with van der Waals surface area (Å²) < 4.78 is 16.1. The van der Waals surface area contributed by atoms with Crippen LogP contribution in [0.1, 0.15) is 12.5 Å². The number of hydrogen-bond acceptors (Lipinski definition) is 3. The zero-order valence-corrected chi connectivity index (χ0v) is 15.1. The summed E-state index contributed by atoms with van der Waals surface area (Å²) in [5.74, 6) is -0.472. The van der Waals surface area contributed by atoms with Crippen molar-refractivity contribution in [2.24, 2.45) is 4.99 Å². The first-order chi connectivity index (χ1) is 11.6. The lowest BCUT2D eigenvalue weighted by Crippen LogP contribution is -2.16. The van der Waals surface area contributed by atoms with Crippen LogP contribution in [-0.4, -0.2) is 16.7 Å². The van der Waals surface area contributed by atoms with Crippen LogP contribution in [0, 0.1) is 5.82 Å². The maximum Gasteiger partial charge on any atom is 0.252 e. The molecule has 0 atom stereocenters. The fraction of sp³-hybridized carbons (Fsp3) is 0.222. The summed E-state index contributed by atoms with van der Waals surface area (Å²) in [6.45, 7) is 2.67. The molecule has 3 rings (SSSR count). The largest absolute Gasteiger partial charge is 0.317 e. The maximum atomic E-state index is 13.4. The number of nitrogens with zero attached hydrogens (tertiary/aromatic N) is 2. The van der Waals surface area contributed by atoms with Gasteiger partial charge in [0.05, 0.1) is 16.6 Å². The Balaban J connectivity index is 1.91. The molecule has 1 aromatic heterocycles. The zero-order valence-electron chi connectivity index (χ0n) is 13.5. The highest BCUT2D eigenvalue weighted by Crippen LogP contribution is 2.19. The highest BCUT2D eigenvalue weighted by atomic mass is 32.2. The molecule has 0 saturated carbocycles. The van der Waals surface area contributed by atoms with Crippen molar-refractivity contribution in [3.8, 4) is 0 Å². The second-order valence-electron chi connectivity index (χ2n) is 5.27. The Kier molecular flexibility index (Phi) is 5.16. The first-order valence-corrected chi connectivity index (χ1v) is 9.64. The van der Waals surface area contributed by atoms with Crippen molar-refractivity contribution in [1.82, 2.24) is 4.57 Å². The summed E-state index contributed by atoms with van der Waals surface area (Å²) >= 11 is 3.01. The molecule has 2 aromatic carbocycles. The Morgan fingerprint density at radius 1 is 1.25 bits per heavy atom. The van der Waals surface area contributed by atoms with Crippen molar-refractivity contribution < 1.29 is 9.18 Å². The molecular weight excluding hydrogens is 343 g/mol. The molecule has 0 unspecified atom stereocenters. The highest BCUT2D eigenvalue weighted by molar-refractivity contribution is 7.98. The van der Waals surface area contributed by atoms with E-state index in [1.54, 1.807) is 17.8 Å². The van der Waals surface area contributed by atoms with E-state index in [4.69, 9.17) is 0 Å². The van der Waals surface area contributed by atoms with Crippen LogP contribution in [0.25, 0.3) is 10.2 Å². The van der Waals surface area contributed by atoms with E-state index in [1.165, 1.54) is 28.4 Å². The van der Waals surface area contributed by atoms with Gasteiger partial charge in [-0.15, -0.1) is 11.8 Å². The van der Waals surface area contributed by atoms with E-state index in [0.29, 0.717) is 11.3 Å². The van der Waals surface area contributed by atoms with Crippen molar-refractivity contribution >= 4 is 39.2 Å². The van der Waals surface area contributed by atoms with Gasteiger partial charge in [0.25, 0.3) is 5.91 Å². The van der Waals surface area contributed by atoms with Gasteiger partial charge in [0, 0.05) is 11.4 Å². The topological polar surface area (TPSA) is 34.4 Å². The molecule has 0 spiro atoms. The van der Waals surface area contributed by atoms with Gasteiger partial charge in [-0.25, -0.2) is 4.39 Å². The number of fused-ring (bicyclic) bond motifs is 1. The van der Waals surface area contributed by atoms with Crippen LogP contribution in [0.5, 0.6) is 0 Å². The molecule has 1 heterocycles. The van der Waals surface area contributed by atoms with Crippen LogP contribution in [0.3, 0.4) is 0 Å². The first kappa shape index (κ1) is 16.9. The van der Waals surface area contributed by atoms with Gasteiger partial charge in [-0.2, -0.15) is 4.99 Å². The molecule has 0 saturated heterocycles. The number of amides is 1. The summed E-state index contributed by atoms with van der Waals surface area (Å²) in [7, 11) is 0. The van der Waals surface area contributed by atoms with Crippen molar-refractivity contribution in [1.29, 1.82) is 0 Å². The monoisotopic (exact) mass is 360 g/mol. The lowest BCUT2D eigenvalue weighted by atomic mass is 10.1. The van der Waals surface area contributed by atoms with Crippen molar-refractivity contribution in [3.05, 3.63) is 58.6 Å². The Morgan fingerprint density at radius 2 is 2.00 bits per heavy atom. The molecule has 3 nitrogen and oxygen atoms in total. The minimum Gasteiger partial charge on any atom is -0.317 e. The number of aromatic nitrogens is 1. The van der Waals surface area contributed by atoms with Gasteiger partial charge >= 0.3 is 0 Å². The van der Waals surface area contributed by atoms with Crippen LogP contribution in [0.4, 0.5) is 4.39 Å². The summed E-state index contributed by atoms with van der Waals surface area (Å²) in [6.07, 6.45) is 2.28. The number of carbonyl (C=O) groups is 1. The summed E-state index contributed by atoms with van der Waals surface area (Å²) in [5, 5.41) is 0. The molecular formula is C18H17FN2OS2. The van der Waals surface area contributed by atoms with E-state index >= 15 is 0 Å². The van der Waals surface area contributed by atoms with Gasteiger partial charge in [0.1, 0.15) is 5.82 Å². The van der Waals surface area contributed by atoms with Crippen LogP contribution in [-0.2, 0) is 17.8 Å². The predicted octanol–water partition coefficient (Wildman–Crippen LogP) is 4.25. The molecule has 0 bridgehead atoms. The molecule has 0 aliphatic carbocycles. The highest BCUT2D eigenvalue weighted by Gasteiger charge is 2.08. The third-order valence-corrected chi connectivity index (χ3v) is 5.48. The number of thioether (sulfide) groups is 1. The molecule has 1 amide bonds. The van der Waals surface area contributed by atoms with Gasteiger partial charge in [0.2, 0.25) is 0 Å². The number of aryl methyl sites for hydroxylation is 1. The second kappa shape index (κ2) is 7.32. The van der Waals surface area contributed by atoms with E-state index in [0.717, 1.165) is 15.8 Å². The number of thiazole rings is 1. The predicted molar refractivity (Wildman–Crippen MR) is 97.9 cm³/mol. The van der Waals surface area contributed by atoms with Gasteiger partial charge in [-0.05, 0) is 49.1 Å². The number of benzene rings is 2. The van der Waals surface area contributed by atoms with E-state index in [2.05, 4.69) is 4.99 Å². The molecule has 3 aromatic rings. The van der Waals surface area contributed by atoms with Gasteiger partial charge in [-0.3, -0.25) is 4.79 Å². The van der Waals surface area contributed by atoms with Crippen molar-refractivity contribution in [2.45, 2.75) is 24.8 Å². The number of carbonyl (C=O) groups excluding carboxylic acids is 1. The summed E-state index contributed by atoms with van der Waals surface area (Å²) in [6, 6.07) is 12.6. The van der Waals surface area contributed by atoms with Crippen molar-refractivity contribution in [2.75, 3.05) is 6.26 Å². The number of hydrogen-bond donors (Lipinski definition) is 0. The van der Waals surface area contributed by atoms with Crippen LogP contribution < -0.4 is 4.80 Å². The van der Waals surface area contributed by atoms with Gasteiger partial charge < -0.3 is 4.57 Å². The van der Waals surface area contributed by atoms with Crippen molar-refractivity contribution in [3.63, 3.8) is 0 Å². The first-order valence-electron chi connectivity index (χ1n) is 7.60. The SMILES string of the molecule is CCn1c(=NC(=O)Cc2ccc(SC)cc2)sc2cc(F)ccc21. The van der Waals surface area contributed by atoms with Crippen LogP contribution >= 0.6 is 23.1 Å². The molecule has 6 heteroatoms. The lowest BCUT2D eigenvalue weighted by molar-refractivity contribution is -0.117. The third-order valence-electron chi connectivity index (χ3n) is 3.70. The minimum atomic E-state index is -0.279. The van der Waals surface area contributed by atoms with Crippen LogP contribution in [0.2, 0.25) is 0 Å². The number of halogens is 1. The summed E-state index contributed by atoms with van der Waals surface area (Å²) in [4.78, 5) is 18.3. The molecule has 0 aliphatic heterocycles. The van der Waals surface area contributed by atoms with Crippen LogP contribution in [0.15, 0.2) is 52.4 Å². The molecule has 0 N–H and O–H groups in total. The molecule has 0 aliphatic rings. The fourth-order valence-corrected chi connectivity index (χ4v) is 4.05. The van der Waals surface area contributed by atoms with Gasteiger partial charge in [0.15, 0.2) is 4.80 Å². The molecule has 0 fully saturated rings. The van der Waals surface area contributed by atoms with Gasteiger partial charge in [-0.1, -0.05) is 23.5 Å². The second-order valence-corrected chi connectivity index (χ2v) is 7.16. The average Bonchev–Trinajstić information content (AvgIpc) is 2.91. The normalized spacial score (nSPS) is 12.0. The number of rotatable bonds is 4. The fourth-order valence-electron chi connectivity index (χ4n) is 2.50. The third kappa shape index (κ3) is 3.60. The molecule has 24 heavy (non-hydrogen) atoms. The average molecular weight is 360 g/mol. The summed E-state index contributed by atoms with van der Waals surface area (Å²) in [5.41, 5.74) is 1.84. The smallest absolute Gasteiger partial charge is 0.252 e. The molecule has 0 radical (unpaired) electrons. The Hall–Kier alpha value is -1.92. The molecule has 124 valence electrons. The Labute approximate surface area is 147 Å².